The third-order valence-corrected chi connectivity index (χ3v) is 4.16. The number of carbonyl (C=O) groups excluding carboxylic acids is 2. The summed E-state index contributed by atoms with van der Waals surface area (Å²) in [5.74, 6) is 0.556. The van der Waals surface area contributed by atoms with Crippen molar-refractivity contribution in [1.29, 1.82) is 0 Å². The third-order valence-electron chi connectivity index (χ3n) is 4.16. The number of alkyl carbamates (subject to hydrolysis) is 1. The average Bonchev–Trinajstić information content (AvgIpc) is 2.65. The fraction of sp³-hybridized carbons (Fsp3) is 0.619. The molecule has 168 valence electrons. The smallest absolute Gasteiger partial charge is 0.407 e. The standard InChI is InChI=1S/C12H23NO2.C9H9NO5/c1-12(2,3)15-11(14)13-9-10-7-5-4-6-8-10;1-7(11)15-9-4-2-3-8(5-9)6-14-10(12)13/h10H,4-9H2,1-3H3,(H,13,14);2-5H,6H2,1H3. The van der Waals surface area contributed by atoms with Gasteiger partial charge in [-0.05, 0) is 57.2 Å². The van der Waals surface area contributed by atoms with E-state index >= 15 is 0 Å². The van der Waals surface area contributed by atoms with E-state index in [4.69, 9.17) is 9.47 Å². The number of esters is 1. The molecule has 1 aliphatic carbocycles. The Hall–Kier alpha value is -2.84. The van der Waals surface area contributed by atoms with E-state index in [-0.39, 0.29) is 12.7 Å². The summed E-state index contributed by atoms with van der Waals surface area (Å²) in [7, 11) is 0. The highest BCUT2D eigenvalue weighted by Crippen LogP contribution is 2.22. The van der Waals surface area contributed by atoms with E-state index in [0.717, 1.165) is 6.54 Å². The number of rotatable bonds is 6. The maximum absolute atomic E-state index is 11.4. The Balaban J connectivity index is 0.000000300. The highest BCUT2D eigenvalue weighted by molar-refractivity contribution is 5.69. The number of carbonyl (C=O) groups is 2. The van der Waals surface area contributed by atoms with E-state index in [2.05, 4.69) is 10.2 Å². The number of nitrogens with one attached hydrogen (secondary N) is 1. The number of ether oxygens (including phenoxy) is 2. The highest BCUT2D eigenvalue weighted by atomic mass is 16.9. The predicted molar refractivity (Wildman–Crippen MR) is 110 cm³/mol. The van der Waals surface area contributed by atoms with Crippen LogP contribution in [0.15, 0.2) is 24.3 Å². The Morgan fingerprint density at radius 2 is 1.87 bits per heavy atom. The van der Waals surface area contributed by atoms with Crippen molar-refractivity contribution in [3.8, 4) is 5.75 Å². The Labute approximate surface area is 177 Å². The predicted octanol–water partition coefficient (Wildman–Crippen LogP) is 4.41. The molecule has 0 heterocycles. The molecule has 1 saturated carbocycles. The van der Waals surface area contributed by atoms with Crippen LogP contribution in [0.5, 0.6) is 5.75 Å². The van der Waals surface area contributed by atoms with Crippen LogP contribution in [0.25, 0.3) is 0 Å². The summed E-state index contributed by atoms with van der Waals surface area (Å²) >= 11 is 0. The second-order valence-electron chi connectivity index (χ2n) is 8.12. The molecule has 0 aromatic heterocycles. The minimum atomic E-state index is -0.876. The number of amides is 1. The Bertz CT molecular complexity index is 695. The number of benzene rings is 1. The molecule has 1 aromatic rings. The zero-order valence-electron chi connectivity index (χ0n) is 18.1. The van der Waals surface area contributed by atoms with Gasteiger partial charge in [0.2, 0.25) is 0 Å². The molecule has 9 nitrogen and oxygen atoms in total. The van der Waals surface area contributed by atoms with Crippen molar-refractivity contribution >= 4 is 12.1 Å². The quantitative estimate of drug-likeness (QED) is 0.311. The molecular weight excluding hydrogens is 392 g/mol. The van der Waals surface area contributed by atoms with Gasteiger partial charge >= 0.3 is 12.1 Å². The molecule has 1 amide bonds. The highest BCUT2D eigenvalue weighted by Gasteiger charge is 2.18. The van der Waals surface area contributed by atoms with Crippen LogP contribution < -0.4 is 10.1 Å². The molecule has 1 aliphatic rings. The minimum Gasteiger partial charge on any atom is -0.444 e. The number of nitrogens with zero attached hydrogens (tertiary/aromatic N) is 1. The molecule has 9 heteroatoms. The van der Waals surface area contributed by atoms with Crippen LogP contribution in [0.1, 0.15) is 65.4 Å². The van der Waals surface area contributed by atoms with Crippen molar-refractivity contribution in [2.45, 2.75) is 72.0 Å². The van der Waals surface area contributed by atoms with Gasteiger partial charge in [0.15, 0.2) is 0 Å². The summed E-state index contributed by atoms with van der Waals surface area (Å²) in [6.07, 6.45) is 6.17. The van der Waals surface area contributed by atoms with Crippen LogP contribution in [0.3, 0.4) is 0 Å². The van der Waals surface area contributed by atoms with Gasteiger partial charge < -0.3 is 19.6 Å². The second kappa shape index (κ2) is 12.7. The zero-order valence-corrected chi connectivity index (χ0v) is 18.1. The second-order valence-corrected chi connectivity index (χ2v) is 8.12. The van der Waals surface area contributed by atoms with Gasteiger partial charge in [-0.3, -0.25) is 4.79 Å². The first-order valence-corrected chi connectivity index (χ1v) is 10.1. The largest absolute Gasteiger partial charge is 0.444 e. The van der Waals surface area contributed by atoms with E-state index in [0.29, 0.717) is 17.2 Å². The molecule has 0 spiro atoms. The summed E-state index contributed by atoms with van der Waals surface area (Å²) < 4.78 is 9.98. The van der Waals surface area contributed by atoms with Gasteiger partial charge in [-0.25, -0.2) is 4.79 Å². The number of hydrogen-bond acceptors (Lipinski definition) is 7. The molecule has 1 fully saturated rings. The van der Waals surface area contributed by atoms with Gasteiger partial charge in [-0.2, -0.15) is 0 Å². The monoisotopic (exact) mass is 424 g/mol. The Morgan fingerprint density at radius 1 is 1.20 bits per heavy atom. The van der Waals surface area contributed by atoms with Gasteiger partial charge in [0.25, 0.3) is 5.09 Å². The molecule has 0 bridgehead atoms. The summed E-state index contributed by atoms with van der Waals surface area (Å²) in [6, 6.07) is 6.34. The lowest BCUT2D eigenvalue weighted by Gasteiger charge is -2.24. The molecule has 30 heavy (non-hydrogen) atoms. The lowest BCUT2D eigenvalue weighted by atomic mass is 9.89. The van der Waals surface area contributed by atoms with Crippen LogP contribution in [0.2, 0.25) is 0 Å². The average molecular weight is 424 g/mol. The Morgan fingerprint density at radius 3 is 2.43 bits per heavy atom. The van der Waals surface area contributed by atoms with Gasteiger partial charge in [0, 0.05) is 13.5 Å². The summed E-state index contributed by atoms with van der Waals surface area (Å²) in [5.41, 5.74) is 0.168. The first-order chi connectivity index (χ1) is 14.0. The topological polar surface area (TPSA) is 117 Å². The third kappa shape index (κ3) is 12.6. The molecule has 0 saturated heterocycles. The van der Waals surface area contributed by atoms with Gasteiger partial charge in [0.1, 0.15) is 18.0 Å². The van der Waals surface area contributed by atoms with Crippen molar-refractivity contribution in [2.75, 3.05) is 6.54 Å². The van der Waals surface area contributed by atoms with Crippen LogP contribution in [0, 0.1) is 16.0 Å². The van der Waals surface area contributed by atoms with Crippen LogP contribution in [-0.4, -0.2) is 29.3 Å². The molecule has 1 aromatic carbocycles. The first kappa shape index (κ1) is 25.2. The summed E-state index contributed by atoms with van der Waals surface area (Å²) in [4.78, 5) is 36.1. The lowest BCUT2D eigenvalue weighted by Crippen LogP contribution is -2.35. The maximum atomic E-state index is 11.4. The van der Waals surface area contributed by atoms with E-state index in [1.165, 1.54) is 45.1 Å². The van der Waals surface area contributed by atoms with E-state index in [1.54, 1.807) is 18.2 Å². The first-order valence-electron chi connectivity index (χ1n) is 10.1. The van der Waals surface area contributed by atoms with Crippen LogP contribution >= 0.6 is 0 Å². The summed E-state index contributed by atoms with van der Waals surface area (Å²) in [5, 5.41) is 11.9. The zero-order chi connectivity index (χ0) is 22.6. The van der Waals surface area contributed by atoms with Crippen LogP contribution in [0.4, 0.5) is 4.79 Å². The fourth-order valence-electron chi connectivity index (χ4n) is 2.93. The minimum absolute atomic E-state index is 0.165. The van der Waals surface area contributed by atoms with Gasteiger partial charge in [-0.1, -0.05) is 31.4 Å². The van der Waals surface area contributed by atoms with E-state index in [9.17, 15) is 19.7 Å². The van der Waals surface area contributed by atoms with E-state index < -0.39 is 16.7 Å². The summed E-state index contributed by atoms with van der Waals surface area (Å²) in [6.45, 7) is 7.53. The van der Waals surface area contributed by atoms with Crippen molar-refractivity contribution in [1.82, 2.24) is 5.32 Å². The van der Waals surface area contributed by atoms with Crippen molar-refractivity contribution < 1.29 is 29.0 Å². The Kier molecular flexibility index (Phi) is 10.6. The van der Waals surface area contributed by atoms with Crippen molar-refractivity contribution in [3.63, 3.8) is 0 Å². The number of hydrogen-bond donors (Lipinski definition) is 1. The molecular formula is C21H32N2O7. The maximum Gasteiger partial charge on any atom is 0.407 e. The van der Waals surface area contributed by atoms with Crippen LogP contribution in [-0.2, 0) is 21.0 Å². The molecule has 0 radical (unpaired) electrons. The molecule has 1 N–H and O–H groups in total. The van der Waals surface area contributed by atoms with Crippen molar-refractivity contribution in [3.05, 3.63) is 39.9 Å². The SMILES string of the molecule is CC(=O)Oc1cccc(CO[N+](=O)[O-])c1.CC(C)(C)OC(=O)NCC1CCCCC1. The van der Waals surface area contributed by atoms with Gasteiger partial charge in [-0.15, -0.1) is 10.1 Å². The van der Waals surface area contributed by atoms with E-state index in [1.807, 2.05) is 20.8 Å². The molecule has 2 rings (SSSR count). The normalized spacial score (nSPS) is 14.0. The van der Waals surface area contributed by atoms with Gasteiger partial charge in [0.05, 0.1) is 0 Å². The lowest BCUT2D eigenvalue weighted by molar-refractivity contribution is -0.763. The molecule has 0 atom stereocenters. The molecule has 0 unspecified atom stereocenters. The molecule has 0 aliphatic heterocycles. The fourth-order valence-corrected chi connectivity index (χ4v) is 2.93. The van der Waals surface area contributed by atoms with Crippen molar-refractivity contribution in [2.24, 2.45) is 5.92 Å².